The quantitative estimate of drug-likeness (QED) is 0.749. The van der Waals surface area contributed by atoms with Crippen molar-refractivity contribution in [3.63, 3.8) is 0 Å². The Morgan fingerprint density at radius 1 is 1.47 bits per heavy atom. The molecule has 0 aliphatic heterocycles. The van der Waals surface area contributed by atoms with Crippen molar-refractivity contribution in [2.75, 3.05) is 0 Å². The van der Waals surface area contributed by atoms with Gasteiger partial charge in [-0.2, -0.15) is 10.2 Å². The second-order valence-electron chi connectivity index (χ2n) is 4.09. The van der Waals surface area contributed by atoms with Gasteiger partial charge >= 0.3 is 0 Å². The Kier molecular flexibility index (Phi) is 3.08. The first-order chi connectivity index (χ1) is 8.10. The Bertz CT molecular complexity index is 538. The highest BCUT2D eigenvalue weighted by Gasteiger charge is 2.07. The summed E-state index contributed by atoms with van der Waals surface area (Å²) in [5, 5.41) is 8.54. The average molecular weight is 232 g/mol. The molecule has 2 rings (SSSR count). The van der Waals surface area contributed by atoms with Crippen LogP contribution in [0.2, 0.25) is 0 Å². The zero-order chi connectivity index (χ0) is 12.4. The summed E-state index contributed by atoms with van der Waals surface area (Å²) in [6.45, 7) is 4.26. The first-order valence-electron chi connectivity index (χ1n) is 5.65. The number of Topliss-reactive ketones (excluding diaryl/α,β-unsaturated/α-hetero) is 1. The number of carbonyl (C=O) groups excluding carboxylic acids is 1. The Morgan fingerprint density at radius 2 is 2.24 bits per heavy atom. The van der Waals surface area contributed by atoms with E-state index in [0.29, 0.717) is 12.1 Å². The van der Waals surface area contributed by atoms with Gasteiger partial charge in [0, 0.05) is 13.2 Å². The highest BCUT2D eigenvalue weighted by Crippen LogP contribution is 2.07. The van der Waals surface area contributed by atoms with Gasteiger partial charge in [0.1, 0.15) is 0 Å². The van der Waals surface area contributed by atoms with Gasteiger partial charge in [0.25, 0.3) is 0 Å². The third-order valence-electron chi connectivity index (χ3n) is 2.75. The second kappa shape index (κ2) is 4.53. The summed E-state index contributed by atoms with van der Waals surface area (Å²) >= 11 is 0. The molecule has 5 heteroatoms. The van der Waals surface area contributed by atoms with Crippen molar-refractivity contribution in [3.05, 3.63) is 35.4 Å². The molecule has 2 heterocycles. The largest absolute Gasteiger partial charge is 0.294 e. The van der Waals surface area contributed by atoms with E-state index >= 15 is 0 Å². The Hall–Kier alpha value is -1.91. The van der Waals surface area contributed by atoms with Crippen molar-refractivity contribution < 1.29 is 4.79 Å². The third kappa shape index (κ3) is 2.43. The van der Waals surface area contributed by atoms with Crippen molar-refractivity contribution in [2.45, 2.75) is 26.8 Å². The molecule has 0 aromatic carbocycles. The minimum Gasteiger partial charge on any atom is -0.294 e. The van der Waals surface area contributed by atoms with E-state index in [9.17, 15) is 4.79 Å². The van der Waals surface area contributed by atoms with E-state index in [0.717, 1.165) is 17.8 Å². The van der Waals surface area contributed by atoms with E-state index in [-0.39, 0.29) is 5.78 Å². The van der Waals surface area contributed by atoms with E-state index in [4.69, 9.17) is 0 Å². The van der Waals surface area contributed by atoms with Gasteiger partial charge in [-0.15, -0.1) is 0 Å². The van der Waals surface area contributed by atoms with Crippen LogP contribution in [0.1, 0.15) is 35.6 Å². The van der Waals surface area contributed by atoms with Gasteiger partial charge in [0.2, 0.25) is 0 Å². The van der Waals surface area contributed by atoms with E-state index in [1.807, 2.05) is 11.7 Å². The van der Waals surface area contributed by atoms with E-state index in [2.05, 4.69) is 23.2 Å². The van der Waals surface area contributed by atoms with Gasteiger partial charge in [0.05, 0.1) is 29.7 Å². The fourth-order valence-corrected chi connectivity index (χ4v) is 1.69. The molecular weight excluding hydrogens is 216 g/mol. The van der Waals surface area contributed by atoms with E-state index in [1.54, 1.807) is 24.0 Å². The number of rotatable bonds is 4. The zero-order valence-electron chi connectivity index (χ0n) is 10.3. The minimum atomic E-state index is 0.0375. The first kappa shape index (κ1) is 11.6. The topological polar surface area (TPSA) is 52.7 Å². The van der Waals surface area contributed by atoms with Gasteiger partial charge in [-0.3, -0.25) is 14.2 Å². The maximum absolute atomic E-state index is 11.2. The summed E-state index contributed by atoms with van der Waals surface area (Å²) in [4.78, 5) is 11.2. The molecule has 0 spiro atoms. The van der Waals surface area contributed by atoms with Crippen molar-refractivity contribution in [2.24, 2.45) is 7.05 Å². The van der Waals surface area contributed by atoms with Gasteiger partial charge in [0.15, 0.2) is 5.78 Å². The molecule has 0 amide bonds. The average Bonchev–Trinajstić information content (AvgIpc) is 2.87. The number of hydrogen-bond acceptors (Lipinski definition) is 3. The molecule has 5 nitrogen and oxygen atoms in total. The molecule has 0 fully saturated rings. The predicted octanol–water partition coefficient (Wildman–Crippen LogP) is 1.43. The van der Waals surface area contributed by atoms with Crippen LogP contribution in [0.5, 0.6) is 0 Å². The fourth-order valence-electron chi connectivity index (χ4n) is 1.69. The molecule has 2 aromatic rings. The molecule has 90 valence electrons. The molecule has 0 bridgehead atoms. The SMILES string of the molecule is CCc1cc(Cn2cc(C(C)=O)cn2)n(C)n1. The predicted molar refractivity (Wildman–Crippen MR) is 63.9 cm³/mol. The first-order valence-corrected chi connectivity index (χ1v) is 5.65. The Balaban J connectivity index is 2.19. The Labute approximate surface area is 100 Å². The van der Waals surface area contributed by atoms with Crippen molar-refractivity contribution >= 4 is 5.78 Å². The molecule has 17 heavy (non-hydrogen) atoms. The van der Waals surface area contributed by atoms with Crippen LogP contribution in [0.25, 0.3) is 0 Å². The van der Waals surface area contributed by atoms with Crippen LogP contribution < -0.4 is 0 Å². The summed E-state index contributed by atoms with van der Waals surface area (Å²) in [5.74, 6) is 0.0375. The number of ketones is 1. The van der Waals surface area contributed by atoms with E-state index in [1.165, 1.54) is 0 Å². The molecule has 0 aliphatic rings. The minimum absolute atomic E-state index is 0.0375. The van der Waals surface area contributed by atoms with Crippen LogP contribution in [0.4, 0.5) is 0 Å². The van der Waals surface area contributed by atoms with Crippen LogP contribution in [-0.4, -0.2) is 25.3 Å². The molecule has 2 aromatic heterocycles. The monoisotopic (exact) mass is 232 g/mol. The molecule has 0 saturated carbocycles. The number of aryl methyl sites for hydroxylation is 2. The number of hydrogen-bond donors (Lipinski definition) is 0. The van der Waals surface area contributed by atoms with Gasteiger partial charge < -0.3 is 0 Å². The zero-order valence-corrected chi connectivity index (χ0v) is 10.3. The van der Waals surface area contributed by atoms with Crippen molar-refractivity contribution in [1.82, 2.24) is 19.6 Å². The third-order valence-corrected chi connectivity index (χ3v) is 2.75. The Morgan fingerprint density at radius 3 is 2.76 bits per heavy atom. The molecule has 0 unspecified atom stereocenters. The lowest BCUT2D eigenvalue weighted by Crippen LogP contribution is -2.05. The van der Waals surface area contributed by atoms with Crippen LogP contribution in [0.3, 0.4) is 0 Å². The fraction of sp³-hybridized carbons (Fsp3) is 0.417. The number of nitrogens with zero attached hydrogens (tertiary/aromatic N) is 4. The molecule has 0 radical (unpaired) electrons. The van der Waals surface area contributed by atoms with E-state index < -0.39 is 0 Å². The van der Waals surface area contributed by atoms with Crippen molar-refractivity contribution in [1.29, 1.82) is 0 Å². The lowest BCUT2D eigenvalue weighted by Gasteiger charge is -2.01. The van der Waals surface area contributed by atoms with Gasteiger partial charge in [-0.1, -0.05) is 6.92 Å². The normalized spacial score (nSPS) is 10.8. The maximum atomic E-state index is 11.2. The molecule has 0 N–H and O–H groups in total. The van der Waals surface area contributed by atoms with Crippen LogP contribution in [0.15, 0.2) is 18.5 Å². The summed E-state index contributed by atoms with van der Waals surface area (Å²) in [7, 11) is 1.92. The summed E-state index contributed by atoms with van der Waals surface area (Å²) in [5.41, 5.74) is 2.80. The standard InChI is InChI=1S/C12H16N4O/c1-4-11-5-12(15(3)14-11)8-16-7-10(6-13-16)9(2)17/h5-7H,4,8H2,1-3H3. The van der Waals surface area contributed by atoms with Gasteiger partial charge in [-0.25, -0.2) is 0 Å². The van der Waals surface area contributed by atoms with Crippen LogP contribution >= 0.6 is 0 Å². The lowest BCUT2D eigenvalue weighted by atomic mass is 10.3. The smallest absolute Gasteiger partial charge is 0.162 e. The number of aromatic nitrogens is 4. The molecule has 0 saturated heterocycles. The summed E-state index contributed by atoms with van der Waals surface area (Å²) in [6.07, 6.45) is 4.28. The van der Waals surface area contributed by atoms with Crippen LogP contribution in [-0.2, 0) is 20.0 Å². The molecule has 0 aliphatic carbocycles. The van der Waals surface area contributed by atoms with Gasteiger partial charge in [-0.05, 0) is 19.4 Å². The summed E-state index contributed by atoms with van der Waals surface area (Å²) < 4.78 is 3.61. The second-order valence-corrected chi connectivity index (χ2v) is 4.09. The number of carbonyl (C=O) groups is 1. The lowest BCUT2D eigenvalue weighted by molar-refractivity contribution is 0.101. The maximum Gasteiger partial charge on any atom is 0.162 e. The summed E-state index contributed by atoms with van der Waals surface area (Å²) in [6, 6.07) is 2.06. The molecular formula is C12H16N4O. The highest BCUT2D eigenvalue weighted by atomic mass is 16.1. The van der Waals surface area contributed by atoms with Crippen LogP contribution in [0, 0.1) is 0 Å². The molecule has 0 atom stereocenters. The van der Waals surface area contributed by atoms with Crippen molar-refractivity contribution in [3.8, 4) is 0 Å². The highest BCUT2D eigenvalue weighted by molar-refractivity contribution is 5.93.